The molecule has 1 aliphatic heterocycles. The fourth-order valence-corrected chi connectivity index (χ4v) is 3.65. The molecule has 0 saturated heterocycles. The highest BCUT2D eigenvalue weighted by molar-refractivity contribution is 6.44. The zero-order valence-electron chi connectivity index (χ0n) is 17.5. The van der Waals surface area contributed by atoms with E-state index in [2.05, 4.69) is 25.9 Å². The molecule has 0 bridgehead atoms. The van der Waals surface area contributed by atoms with Crippen molar-refractivity contribution in [3.05, 3.63) is 66.6 Å². The van der Waals surface area contributed by atoms with Gasteiger partial charge in [-0.15, -0.1) is 0 Å². The SMILES string of the molecule is O=C1CCC(C(=O)Nc2c[nH]c3ccc(-c4cnn(-c5ccc(C(F)(F)F)cc5)c4)cc23)=NN1. The van der Waals surface area contributed by atoms with Crippen LogP contribution in [0.4, 0.5) is 18.9 Å². The molecule has 0 unspecified atom stereocenters. The van der Waals surface area contributed by atoms with Gasteiger partial charge < -0.3 is 10.3 Å². The summed E-state index contributed by atoms with van der Waals surface area (Å²) in [4.78, 5) is 26.9. The van der Waals surface area contributed by atoms with Crippen molar-refractivity contribution in [3.8, 4) is 16.8 Å². The topological polar surface area (TPSA) is 104 Å². The Labute approximate surface area is 190 Å². The highest BCUT2D eigenvalue weighted by Gasteiger charge is 2.30. The number of hydrogen-bond donors (Lipinski definition) is 3. The van der Waals surface area contributed by atoms with Crippen LogP contribution in [0.2, 0.25) is 0 Å². The fourth-order valence-electron chi connectivity index (χ4n) is 3.65. The summed E-state index contributed by atoms with van der Waals surface area (Å²) in [6, 6.07) is 10.4. The number of carbonyl (C=O) groups excluding carboxylic acids is 2. The molecular formula is C23H17F3N6O2. The molecule has 172 valence electrons. The van der Waals surface area contributed by atoms with Gasteiger partial charge in [-0.05, 0) is 42.0 Å². The lowest BCUT2D eigenvalue weighted by atomic mass is 10.1. The molecule has 2 amide bonds. The maximum absolute atomic E-state index is 12.8. The van der Waals surface area contributed by atoms with E-state index in [4.69, 9.17) is 0 Å². The van der Waals surface area contributed by atoms with Crippen molar-refractivity contribution in [2.75, 3.05) is 5.32 Å². The monoisotopic (exact) mass is 466 g/mol. The van der Waals surface area contributed by atoms with Crippen LogP contribution in [0, 0.1) is 0 Å². The van der Waals surface area contributed by atoms with Gasteiger partial charge in [-0.2, -0.15) is 23.4 Å². The van der Waals surface area contributed by atoms with Crippen LogP contribution < -0.4 is 10.7 Å². The van der Waals surface area contributed by atoms with Crippen LogP contribution in [0.5, 0.6) is 0 Å². The van der Waals surface area contributed by atoms with E-state index in [1.54, 1.807) is 18.6 Å². The third-order valence-corrected chi connectivity index (χ3v) is 5.47. The van der Waals surface area contributed by atoms with Crippen LogP contribution in [0.3, 0.4) is 0 Å². The molecule has 0 radical (unpaired) electrons. The lowest BCUT2D eigenvalue weighted by molar-refractivity contribution is -0.137. The van der Waals surface area contributed by atoms with Crippen molar-refractivity contribution < 1.29 is 22.8 Å². The number of benzene rings is 2. The largest absolute Gasteiger partial charge is 0.416 e. The Bertz CT molecular complexity index is 1430. The Morgan fingerprint density at radius 3 is 2.56 bits per heavy atom. The van der Waals surface area contributed by atoms with Gasteiger partial charge in [0.25, 0.3) is 5.91 Å². The maximum Gasteiger partial charge on any atom is 0.416 e. The summed E-state index contributed by atoms with van der Waals surface area (Å²) in [7, 11) is 0. The molecule has 0 aliphatic carbocycles. The van der Waals surface area contributed by atoms with Gasteiger partial charge in [0.05, 0.1) is 23.1 Å². The van der Waals surface area contributed by atoms with Crippen molar-refractivity contribution >= 4 is 34.1 Å². The molecule has 8 nitrogen and oxygen atoms in total. The molecule has 2 aromatic carbocycles. The lowest BCUT2D eigenvalue weighted by Gasteiger charge is -2.11. The van der Waals surface area contributed by atoms with E-state index in [0.717, 1.165) is 34.2 Å². The highest BCUT2D eigenvalue weighted by atomic mass is 19.4. The number of hydrazone groups is 1. The molecule has 0 saturated carbocycles. The van der Waals surface area contributed by atoms with Crippen molar-refractivity contribution in [2.24, 2.45) is 5.10 Å². The third-order valence-electron chi connectivity index (χ3n) is 5.47. The van der Waals surface area contributed by atoms with Crippen LogP contribution in [0.1, 0.15) is 18.4 Å². The number of H-pyrrole nitrogens is 1. The highest BCUT2D eigenvalue weighted by Crippen LogP contribution is 2.31. The summed E-state index contributed by atoms with van der Waals surface area (Å²) in [5.41, 5.74) is 5.22. The second-order valence-corrected chi connectivity index (χ2v) is 7.73. The van der Waals surface area contributed by atoms with E-state index < -0.39 is 17.6 Å². The van der Waals surface area contributed by atoms with Gasteiger partial charge in [0, 0.05) is 41.7 Å². The summed E-state index contributed by atoms with van der Waals surface area (Å²) in [6.07, 6.45) is 1.06. The second-order valence-electron chi connectivity index (χ2n) is 7.73. The first-order valence-electron chi connectivity index (χ1n) is 10.3. The average molecular weight is 466 g/mol. The van der Waals surface area contributed by atoms with Gasteiger partial charge in [0.2, 0.25) is 5.91 Å². The lowest BCUT2D eigenvalue weighted by Crippen LogP contribution is -2.32. The molecule has 34 heavy (non-hydrogen) atoms. The van der Waals surface area contributed by atoms with Gasteiger partial charge in [0.15, 0.2) is 0 Å². The second kappa shape index (κ2) is 8.18. The molecule has 5 rings (SSSR count). The Morgan fingerprint density at radius 1 is 1.06 bits per heavy atom. The number of nitrogens with zero attached hydrogens (tertiary/aromatic N) is 3. The number of amides is 2. The minimum Gasteiger partial charge on any atom is -0.359 e. The number of carbonyl (C=O) groups is 2. The van der Waals surface area contributed by atoms with Gasteiger partial charge in [-0.25, -0.2) is 10.1 Å². The maximum atomic E-state index is 12.8. The number of nitrogens with one attached hydrogen (secondary N) is 3. The number of aromatic amines is 1. The molecule has 4 aromatic rings. The minimum absolute atomic E-state index is 0.202. The summed E-state index contributed by atoms with van der Waals surface area (Å²) in [5.74, 6) is -0.633. The quantitative estimate of drug-likeness (QED) is 0.419. The van der Waals surface area contributed by atoms with Gasteiger partial charge >= 0.3 is 6.18 Å². The summed E-state index contributed by atoms with van der Waals surface area (Å²) >= 11 is 0. The van der Waals surface area contributed by atoms with Crippen LogP contribution in [0.25, 0.3) is 27.7 Å². The summed E-state index contributed by atoms with van der Waals surface area (Å²) in [5, 5.41) is 11.6. The average Bonchev–Trinajstić information content (AvgIpc) is 3.46. The number of halogens is 3. The molecular weight excluding hydrogens is 449 g/mol. The van der Waals surface area contributed by atoms with Gasteiger partial charge in [-0.3, -0.25) is 9.59 Å². The fraction of sp³-hybridized carbons (Fsp3) is 0.130. The predicted octanol–water partition coefficient (Wildman–Crippen LogP) is 4.24. The standard InChI is InChI=1S/C23H17F3N6O2/c24-23(25,26)15-2-4-16(5-3-15)32-12-14(10-28-32)13-1-6-18-17(9-13)20(11-27-18)29-22(34)19-7-8-21(33)31-30-19/h1-6,9-12,27H,7-8H2,(H,29,34)(H,31,33). The van der Waals surface area contributed by atoms with E-state index in [1.807, 2.05) is 18.2 Å². The molecule has 3 heterocycles. The number of rotatable bonds is 4. The van der Waals surface area contributed by atoms with E-state index in [-0.39, 0.29) is 24.5 Å². The van der Waals surface area contributed by atoms with Crippen molar-refractivity contribution in [1.82, 2.24) is 20.2 Å². The molecule has 0 fully saturated rings. The van der Waals surface area contributed by atoms with Crippen molar-refractivity contribution in [2.45, 2.75) is 19.0 Å². The van der Waals surface area contributed by atoms with Crippen molar-refractivity contribution in [3.63, 3.8) is 0 Å². The zero-order valence-corrected chi connectivity index (χ0v) is 17.5. The first kappa shape index (κ1) is 21.4. The number of hydrogen-bond acceptors (Lipinski definition) is 4. The Hall–Kier alpha value is -4.41. The van der Waals surface area contributed by atoms with Gasteiger partial charge in [-0.1, -0.05) is 6.07 Å². The summed E-state index contributed by atoms with van der Waals surface area (Å²) < 4.78 is 39.9. The smallest absolute Gasteiger partial charge is 0.359 e. The molecule has 1 aliphatic rings. The third kappa shape index (κ3) is 4.15. The zero-order chi connectivity index (χ0) is 23.9. The Balaban J connectivity index is 1.39. The Kier molecular flexibility index (Phi) is 5.16. The normalized spacial score (nSPS) is 14.1. The molecule has 0 spiro atoms. The number of fused-ring (bicyclic) bond motifs is 1. The first-order chi connectivity index (χ1) is 16.3. The minimum atomic E-state index is -4.40. The van der Waals surface area contributed by atoms with Crippen LogP contribution in [0.15, 0.2) is 66.2 Å². The number of anilines is 1. The van der Waals surface area contributed by atoms with Crippen molar-refractivity contribution in [1.29, 1.82) is 0 Å². The molecule has 2 aromatic heterocycles. The summed E-state index contributed by atoms with van der Waals surface area (Å²) in [6.45, 7) is 0. The number of alkyl halides is 3. The van der Waals surface area contributed by atoms with Crippen LogP contribution in [-0.4, -0.2) is 32.3 Å². The van der Waals surface area contributed by atoms with E-state index >= 15 is 0 Å². The molecule has 0 atom stereocenters. The van der Waals surface area contributed by atoms with E-state index in [9.17, 15) is 22.8 Å². The van der Waals surface area contributed by atoms with Crippen LogP contribution >= 0.6 is 0 Å². The molecule has 11 heteroatoms. The first-order valence-corrected chi connectivity index (χ1v) is 10.3. The van der Waals surface area contributed by atoms with E-state index in [1.165, 1.54) is 16.8 Å². The van der Waals surface area contributed by atoms with Gasteiger partial charge in [0.1, 0.15) is 5.71 Å². The number of aromatic nitrogens is 3. The predicted molar refractivity (Wildman–Crippen MR) is 119 cm³/mol. The molecule has 3 N–H and O–H groups in total. The van der Waals surface area contributed by atoms with Crippen LogP contribution in [-0.2, 0) is 15.8 Å². The van der Waals surface area contributed by atoms with E-state index in [0.29, 0.717) is 11.4 Å². The Morgan fingerprint density at radius 2 is 1.85 bits per heavy atom.